The Morgan fingerprint density at radius 2 is 1.93 bits per heavy atom. The first kappa shape index (κ1) is 20.0. The summed E-state index contributed by atoms with van der Waals surface area (Å²) in [6.45, 7) is 6.83. The van der Waals surface area contributed by atoms with Crippen LogP contribution in [0.2, 0.25) is 0 Å². The quantitative estimate of drug-likeness (QED) is 0.678. The minimum Gasteiger partial charge on any atom is -0.349 e. The van der Waals surface area contributed by atoms with Crippen molar-refractivity contribution in [2.24, 2.45) is 0 Å². The van der Waals surface area contributed by atoms with Crippen LogP contribution < -0.4 is 10.6 Å². The van der Waals surface area contributed by atoms with Gasteiger partial charge < -0.3 is 10.6 Å². The van der Waals surface area contributed by atoms with E-state index in [2.05, 4.69) is 20.8 Å². The number of halogens is 1. The lowest BCUT2D eigenvalue weighted by molar-refractivity contribution is -0.120. The van der Waals surface area contributed by atoms with Gasteiger partial charge in [0.25, 0.3) is 5.91 Å². The van der Waals surface area contributed by atoms with Crippen molar-refractivity contribution in [1.29, 1.82) is 0 Å². The molecular weight excluding hydrogens is 385 g/mol. The molecule has 3 aromatic rings. The Bertz CT molecular complexity index is 1160. The molecule has 0 radical (unpaired) electrons. The number of fused-ring (bicyclic) bond motifs is 1. The standard InChI is InChI=1S/C22H24FN5O2/c1-12-17(9-15(10-18(12)23)20(30)24-16-5-6-16)14-7-8-28-19(11-14)26-27-21(28)22(3,4)25-13(2)29/h7-11,16H,5-6H2,1-4H3,(H,24,30)(H,25,29). The van der Waals surface area contributed by atoms with Gasteiger partial charge >= 0.3 is 0 Å². The number of carbonyl (C=O) groups is 2. The highest BCUT2D eigenvalue weighted by molar-refractivity contribution is 5.96. The fourth-order valence-corrected chi connectivity index (χ4v) is 3.59. The number of pyridine rings is 1. The second-order valence-electron chi connectivity index (χ2n) is 8.35. The van der Waals surface area contributed by atoms with E-state index in [1.807, 2.05) is 19.9 Å². The first-order valence-corrected chi connectivity index (χ1v) is 9.91. The van der Waals surface area contributed by atoms with Crippen LogP contribution in [0.25, 0.3) is 16.8 Å². The number of nitrogens with one attached hydrogen (secondary N) is 2. The van der Waals surface area contributed by atoms with Gasteiger partial charge in [-0.3, -0.25) is 14.0 Å². The number of aromatic nitrogens is 3. The zero-order valence-electron chi connectivity index (χ0n) is 17.4. The van der Waals surface area contributed by atoms with E-state index in [1.54, 1.807) is 29.7 Å². The van der Waals surface area contributed by atoms with Gasteiger partial charge in [0.15, 0.2) is 11.5 Å². The van der Waals surface area contributed by atoms with Gasteiger partial charge in [0.05, 0.1) is 5.54 Å². The summed E-state index contributed by atoms with van der Waals surface area (Å²) in [4.78, 5) is 23.9. The number of hydrogen-bond acceptors (Lipinski definition) is 4. The van der Waals surface area contributed by atoms with E-state index >= 15 is 0 Å². The van der Waals surface area contributed by atoms with Gasteiger partial charge in [-0.25, -0.2) is 4.39 Å². The molecule has 0 bridgehead atoms. The minimum absolute atomic E-state index is 0.166. The molecule has 2 N–H and O–H groups in total. The Morgan fingerprint density at radius 3 is 2.60 bits per heavy atom. The molecule has 1 fully saturated rings. The average molecular weight is 409 g/mol. The van der Waals surface area contributed by atoms with Crippen molar-refractivity contribution in [2.75, 3.05) is 0 Å². The van der Waals surface area contributed by atoms with Crippen LogP contribution in [0.3, 0.4) is 0 Å². The van der Waals surface area contributed by atoms with Gasteiger partial charge in [-0.1, -0.05) is 0 Å². The molecule has 1 saturated carbocycles. The molecule has 2 amide bonds. The van der Waals surface area contributed by atoms with Crippen LogP contribution in [0.1, 0.15) is 55.4 Å². The SMILES string of the molecule is CC(=O)NC(C)(C)c1nnc2cc(-c3cc(C(=O)NC4CC4)cc(F)c3C)ccn12. The molecule has 0 spiro atoms. The zero-order chi connectivity index (χ0) is 21.6. The van der Waals surface area contributed by atoms with E-state index in [1.165, 1.54) is 13.0 Å². The highest BCUT2D eigenvalue weighted by Gasteiger charge is 2.28. The molecule has 30 heavy (non-hydrogen) atoms. The molecule has 1 aliphatic carbocycles. The lowest BCUT2D eigenvalue weighted by Crippen LogP contribution is -2.41. The van der Waals surface area contributed by atoms with Crippen LogP contribution in [0.4, 0.5) is 4.39 Å². The summed E-state index contributed by atoms with van der Waals surface area (Å²) in [7, 11) is 0. The Hall–Kier alpha value is -3.29. The van der Waals surface area contributed by atoms with Gasteiger partial charge in [-0.2, -0.15) is 0 Å². The number of amides is 2. The molecule has 156 valence electrons. The highest BCUT2D eigenvalue weighted by Crippen LogP contribution is 2.29. The zero-order valence-corrected chi connectivity index (χ0v) is 17.4. The fourth-order valence-electron chi connectivity index (χ4n) is 3.59. The van der Waals surface area contributed by atoms with Gasteiger partial charge in [-0.15, -0.1) is 10.2 Å². The molecule has 4 rings (SSSR count). The largest absolute Gasteiger partial charge is 0.349 e. The third-order valence-electron chi connectivity index (χ3n) is 5.29. The first-order valence-electron chi connectivity index (χ1n) is 9.91. The van der Waals surface area contributed by atoms with Crippen LogP contribution >= 0.6 is 0 Å². The predicted octanol–water partition coefficient (Wildman–Crippen LogP) is 3.11. The second kappa shape index (κ2) is 7.19. The molecule has 2 heterocycles. The van der Waals surface area contributed by atoms with Crippen LogP contribution in [-0.2, 0) is 10.3 Å². The van der Waals surface area contributed by atoms with E-state index < -0.39 is 11.4 Å². The summed E-state index contributed by atoms with van der Waals surface area (Å²) in [5.41, 5.74) is 1.97. The molecule has 2 aromatic heterocycles. The van der Waals surface area contributed by atoms with E-state index in [0.717, 1.165) is 18.4 Å². The van der Waals surface area contributed by atoms with Crippen molar-refractivity contribution in [1.82, 2.24) is 25.2 Å². The third-order valence-corrected chi connectivity index (χ3v) is 5.29. The monoisotopic (exact) mass is 409 g/mol. The van der Waals surface area contributed by atoms with Crippen LogP contribution in [-0.4, -0.2) is 32.5 Å². The third kappa shape index (κ3) is 3.77. The summed E-state index contributed by atoms with van der Waals surface area (Å²) in [5, 5.41) is 14.2. The normalized spacial score (nSPS) is 14.0. The topological polar surface area (TPSA) is 88.4 Å². The second-order valence-corrected chi connectivity index (χ2v) is 8.35. The number of hydrogen-bond donors (Lipinski definition) is 2. The Labute approximate surface area is 173 Å². The molecular formula is C22H24FN5O2. The van der Waals surface area contributed by atoms with Crippen molar-refractivity contribution in [3.63, 3.8) is 0 Å². The van der Waals surface area contributed by atoms with Crippen molar-refractivity contribution < 1.29 is 14.0 Å². The molecule has 7 nitrogen and oxygen atoms in total. The summed E-state index contributed by atoms with van der Waals surface area (Å²) < 4.78 is 16.4. The maximum absolute atomic E-state index is 14.6. The van der Waals surface area contributed by atoms with E-state index in [9.17, 15) is 14.0 Å². The highest BCUT2D eigenvalue weighted by atomic mass is 19.1. The molecule has 1 aliphatic rings. The first-order chi connectivity index (χ1) is 14.2. The fraction of sp³-hybridized carbons (Fsp3) is 0.364. The Morgan fingerprint density at radius 1 is 1.20 bits per heavy atom. The Balaban J connectivity index is 1.74. The van der Waals surface area contributed by atoms with Gasteiger partial charge in [0, 0.05) is 24.7 Å². The molecule has 0 saturated heterocycles. The summed E-state index contributed by atoms with van der Waals surface area (Å²) >= 11 is 0. The van der Waals surface area contributed by atoms with E-state index in [-0.39, 0.29) is 17.9 Å². The van der Waals surface area contributed by atoms with E-state index in [0.29, 0.717) is 28.2 Å². The molecule has 1 aromatic carbocycles. The maximum Gasteiger partial charge on any atom is 0.251 e. The lowest BCUT2D eigenvalue weighted by Gasteiger charge is -2.23. The maximum atomic E-state index is 14.6. The number of carbonyl (C=O) groups excluding carboxylic acids is 2. The van der Waals surface area contributed by atoms with E-state index in [4.69, 9.17) is 0 Å². The van der Waals surface area contributed by atoms with Crippen molar-refractivity contribution in [3.8, 4) is 11.1 Å². The lowest BCUT2D eigenvalue weighted by atomic mass is 9.97. The molecule has 0 unspecified atom stereocenters. The predicted molar refractivity (Wildman–Crippen MR) is 110 cm³/mol. The van der Waals surface area contributed by atoms with Crippen LogP contribution in [0, 0.1) is 12.7 Å². The number of benzene rings is 1. The summed E-state index contributed by atoms with van der Waals surface area (Å²) in [6, 6.07) is 6.81. The average Bonchev–Trinajstić information content (AvgIpc) is 3.37. The van der Waals surface area contributed by atoms with Crippen LogP contribution in [0.15, 0.2) is 30.5 Å². The minimum atomic E-state index is -0.713. The number of rotatable bonds is 5. The van der Waals surface area contributed by atoms with Crippen LogP contribution in [0.5, 0.6) is 0 Å². The van der Waals surface area contributed by atoms with Crippen molar-refractivity contribution >= 4 is 17.5 Å². The Kier molecular flexibility index (Phi) is 4.80. The van der Waals surface area contributed by atoms with Gasteiger partial charge in [0.1, 0.15) is 5.82 Å². The summed E-state index contributed by atoms with van der Waals surface area (Å²) in [5.74, 6) is -0.275. The molecule has 0 atom stereocenters. The van der Waals surface area contributed by atoms with Gasteiger partial charge in [0.2, 0.25) is 5.91 Å². The molecule has 0 aliphatic heterocycles. The van der Waals surface area contributed by atoms with Crippen molar-refractivity contribution in [3.05, 3.63) is 53.2 Å². The summed E-state index contributed by atoms with van der Waals surface area (Å²) in [6.07, 6.45) is 3.72. The van der Waals surface area contributed by atoms with Gasteiger partial charge in [-0.05, 0) is 74.6 Å². The van der Waals surface area contributed by atoms with Crippen molar-refractivity contribution in [2.45, 2.75) is 52.1 Å². The number of nitrogens with zero attached hydrogens (tertiary/aromatic N) is 3. The molecule has 8 heteroatoms. The smallest absolute Gasteiger partial charge is 0.251 e.